The summed E-state index contributed by atoms with van der Waals surface area (Å²) in [6, 6.07) is 4.43. The fourth-order valence-electron chi connectivity index (χ4n) is 4.03. The van der Waals surface area contributed by atoms with E-state index >= 15 is 0 Å². The molecular formula is C22H25ClN2O10. The summed E-state index contributed by atoms with van der Waals surface area (Å²) in [7, 11) is 0. The zero-order valence-electron chi connectivity index (χ0n) is 18.7. The maximum atomic E-state index is 12.4. The van der Waals surface area contributed by atoms with Gasteiger partial charge in [0.05, 0.1) is 25.7 Å². The summed E-state index contributed by atoms with van der Waals surface area (Å²) in [5.74, 6) is -10.5. The Morgan fingerprint density at radius 2 is 1.57 bits per heavy atom. The average Bonchev–Trinajstić information content (AvgIpc) is 3.12. The Morgan fingerprint density at radius 3 is 2.11 bits per heavy atom. The number of esters is 4. The third kappa shape index (κ3) is 5.50. The van der Waals surface area contributed by atoms with Crippen molar-refractivity contribution in [1.29, 1.82) is 0 Å². The molecule has 0 aromatic heterocycles. The average molecular weight is 513 g/mol. The number of benzene rings is 1. The quantitative estimate of drug-likeness (QED) is 0.509. The largest absolute Gasteiger partial charge is 0.536 e. The second-order valence-corrected chi connectivity index (χ2v) is 8.95. The van der Waals surface area contributed by atoms with Crippen LogP contribution in [0.2, 0.25) is 5.02 Å². The third-order valence-corrected chi connectivity index (χ3v) is 6.05. The number of hydrogen-bond acceptors (Lipinski definition) is 12. The van der Waals surface area contributed by atoms with Crippen molar-refractivity contribution >= 4 is 35.5 Å². The Hall–Kier alpha value is -2.93. The van der Waals surface area contributed by atoms with Crippen molar-refractivity contribution in [2.75, 3.05) is 19.6 Å². The number of carbonyl (C=O) groups is 4. The van der Waals surface area contributed by atoms with Gasteiger partial charge in [-0.05, 0) is 43.6 Å². The van der Waals surface area contributed by atoms with E-state index in [4.69, 9.17) is 41.0 Å². The van der Waals surface area contributed by atoms with Gasteiger partial charge in [-0.25, -0.2) is 0 Å². The smallest absolute Gasteiger partial charge is 0.412 e. The molecule has 35 heavy (non-hydrogen) atoms. The van der Waals surface area contributed by atoms with Crippen LogP contribution in [0.15, 0.2) is 18.2 Å². The van der Waals surface area contributed by atoms with Gasteiger partial charge in [0.2, 0.25) is 0 Å². The second-order valence-electron chi connectivity index (χ2n) is 8.51. The van der Waals surface area contributed by atoms with E-state index in [1.54, 1.807) is 6.07 Å². The molecular weight excluding hydrogens is 488 g/mol. The molecule has 13 heteroatoms. The van der Waals surface area contributed by atoms with Crippen molar-refractivity contribution in [2.24, 2.45) is 11.7 Å². The molecule has 0 saturated carbocycles. The van der Waals surface area contributed by atoms with Crippen LogP contribution in [0.5, 0.6) is 5.75 Å². The highest BCUT2D eigenvalue weighted by Crippen LogP contribution is 2.40. The number of nitrogens with zero attached hydrogens (tertiary/aromatic N) is 1. The minimum Gasteiger partial charge on any atom is -0.412 e. The number of likely N-dealkylation sites (tertiary alicyclic amines) is 1. The van der Waals surface area contributed by atoms with Crippen LogP contribution in [-0.2, 0) is 44.7 Å². The van der Waals surface area contributed by atoms with Crippen molar-refractivity contribution in [2.45, 2.75) is 50.6 Å². The molecule has 0 bridgehead atoms. The topological polar surface area (TPSA) is 164 Å². The lowest BCUT2D eigenvalue weighted by Crippen LogP contribution is -2.65. The lowest BCUT2D eigenvalue weighted by atomic mass is 10.1. The molecule has 0 unspecified atom stereocenters. The lowest BCUT2D eigenvalue weighted by Gasteiger charge is -2.38. The van der Waals surface area contributed by atoms with Crippen LogP contribution < -0.4 is 10.5 Å². The molecule has 0 radical (unpaired) electrons. The van der Waals surface area contributed by atoms with Crippen LogP contribution in [-0.4, -0.2) is 65.5 Å². The van der Waals surface area contributed by atoms with E-state index < -0.39 is 61.5 Å². The summed E-state index contributed by atoms with van der Waals surface area (Å²) in [6.07, 6.45) is -0.781. The molecule has 3 saturated heterocycles. The molecule has 0 spiro atoms. The predicted molar refractivity (Wildman–Crippen MR) is 115 cm³/mol. The monoisotopic (exact) mass is 512 g/mol. The molecule has 1 aromatic carbocycles. The zero-order valence-corrected chi connectivity index (χ0v) is 19.5. The Balaban J connectivity index is 1.74. The molecule has 3 heterocycles. The summed E-state index contributed by atoms with van der Waals surface area (Å²) < 4.78 is 26.0. The van der Waals surface area contributed by atoms with Crippen molar-refractivity contribution < 1.29 is 48.0 Å². The Morgan fingerprint density at radius 1 is 1.00 bits per heavy atom. The van der Waals surface area contributed by atoms with E-state index in [-0.39, 0.29) is 5.75 Å². The first kappa shape index (κ1) is 25.2. The first-order valence-corrected chi connectivity index (χ1v) is 11.5. The van der Waals surface area contributed by atoms with E-state index in [0.717, 1.165) is 19.5 Å². The normalized spacial score (nSPS) is 24.5. The molecule has 12 nitrogen and oxygen atoms in total. The van der Waals surface area contributed by atoms with Gasteiger partial charge in [-0.3, -0.25) is 24.1 Å². The summed E-state index contributed by atoms with van der Waals surface area (Å²) in [5.41, 5.74) is 6.25. The molecule has 3 aliphatic heterocycles. The number of halogens is 1. The highest BCUT2D eigenvalue weighted by Gasteiger charge is 2.70. The second kappa shape index (κ2) is 9.97. The van der Waals surface area contributed by atoms with Gasteiger partial charge in [-0.15, -0.1) is 0 Å². The Bertz CT molecular complexity index is 995. The van der Waals surface area contributed by atoms with E-state index in [2.05, 4.69) is 4.90 Å². The van der Waals surface area contributed by atoms with Gasteiger partial charge in [0.25, 0.3) is 0 Å². The highest BCUT2D eigenvalue weighted by atomic mass is 35.5. The molecule has 3 fully saturated rings. The highest BCUT2D eigenvalue weighted by molar-refractivity contribution is 6.30. The maximum absolute atomic E-state index is 12.4. The minimum absolute atomic E-state index is 0.0298. The minimum atomic E-state index is -3.41. The molecule has 3 N–H and O–H groups in total. The van der Waals surface area contributed by atoms with E-state index in [9.17, 15) is 24.3 Å². The van der Waals surface area contributed by atoms with E-state index in [1.807, 2.05) is 0 Å². The number of aliphatic hydroxyl groups is 1. The van der Waals surface area contributed by atoms with Gasteiger partial charge in [0.1, 0.15) is 5.75 Å². The number of hydrogen-bond donors (Lipinski definition) is 2. The first-order valence-electron chi connectivity index (χ1n) is 11.1. The van der Waals surface area contributed by atoms with Crippen molar-refractivity contribution in [3.63, 3.8) is 0 Å². The predicted octanol–water partition coefficient (Wildman–Crippen LogP) is 0.560. The van der Waals surface area contributed by atoms with E-state index in [1.165, 1.54) is 12.1 Å². The summed E-state index contributed by atoms with van der Waals surface area (Å²) >= 11 is 6.19. The van der Waals surface area contributed by atoms with Gasteiger partial charge in [-0.2, -0.15) is 0 Å². The van der Waals surface area contributed by atoms with Gasteiger partial charge < -0.3 is 34.5 Å². The van der Waals surface area contributed by atoms with Crippen molar-refractivity contribution in [3.05, 3.63) is 28.8 Å². The van der Waals surface area contributed by atoms with E-state index in [0.29, 0.717) is 29.6 Å². The fourth-order valence-corrected chi connectivity index (χ4v) is 4.22. The molecule has 0 amide bonds. The van der Waals surface area contributed by atoms with Crippen molar-refractivity contribution in [1.82, 2.24) is 4.90 Å². The number of carbonyl (C=O) groups excluding carboxylic acids is 4. The third-order valence-electron chi connectivity index (χ3n) is 5.82. The number of cyclic esters (lactones) is 4. The van der Waals surface area contributed by atoms with Crippen LogP contribution >= 0.6 is 11.6 Å². The van der Waals surface area contributed by atoms with Crippen LogP contribution in [0, 0.1) is 5.92 Å². The maximum Gasteiger partial charge on any atom is 0.536 e. The first-order chi connectivity index (χ1) is 16.6. The van der Waals surface area contributed by atoms with Crippen LogP contribution in [0.4, 0.5) is 0 Å². The lowest BCUT2D eigenvalue weighted by molar-refractivity contribution is -0.491. The van der Waals surface area contributed by atoms with Crippen LogP contribution in [0.25, 0.3) is 0 Å². The summed E-state index contributed by atoms with van der Waals surface area (Å²) in [4.78, 5) is 51.2. The van der Waals surface area contributed by atoms with Crippen molar-refractivity contribution in [3.8, 4) is 5.75 Å². The Kier molecular flexibility index (Phi) is 7.17. The molecule has 1 atom stereocenters. The van der Waals surface area contributed by atoms with Gasteiger partial charge in [0, 0.05) is 23.7 Å². The van der Waals surface area contributed by atoms with Crippen LogP contribution in [0.1, 0.15) is 37.7 Å². The van der Waals surface area contributed by atoms with Gasteiger partial charge in [-0.1, -0.05) is 11.6 Å². The fraction of sp³-hybridized carbons (Fsp3) is 0.545. The summed E-state index contributed by atoms with van der Waals surface area (Å²) in [5, 5.41) is 11.5. The molecule has 190 valence electrons. The Labute approximate surface area is 205 Å². The number of rotatable bonds is 6. The molecule has 4 rings (SSSR count). The summed E-state index contributed by atoms with van der Waals surface area (Å²) in [6.45, 7) is 2.33. The van der Waals surface area contributed by atoms with Gasteiger partial charge in [0.15, 0.2) is 0 Å². The molecule has 0 aliphatic carbocycles. The standard InChI is InChI=1S/C22H25ClN2O10/c23-15-1-2-16(14(9-15)12-25-8-7-13(10-24)11-25)31-22(34-19(28)5-6-20(29)35-22)21(30)32-17(26)3-4-18(27)33-21/h1-2,9,13,30H,3-8,10-12,24H2/t13-/m0/s1. The SMILES string of the molecule is NC[C@@H]1CCN(Cc2cc(Cl)ccc2OC2(C3(O)OC(=O)CCC(=O)O3)OC(=O)CCC(=O)O2)C1. The van der Waals surface area contributed by atoms with Gasteiger partial charge >= 0.3 is 35.8 Å². The van der Waals surface area contributed by atoms with Crippen LogP contribution in [0.3, 0.4) is 0 Å². The molecule has 1 aromatic rings. The zero-order chi connectivity index (χ0) is 25.2. The number of nitrogens with two attached hydrogens (primary N) is 1. The molecule has 3 aliphatic rings. The number of ether oxygens (including phenoxy) is 5.